The summed E-state index contributed by atoms with van der Waals surface area (Å²) in [6.07, 6.45) is 4.25. The Balaban J connectivity index is 1.79. The quantitative estimate of drug-likeness (QED) is 0.772. The van der Waals surface area contributed by atoms with E-state index in [1.165, 1.54) is 12.1 Å². The number of aliphatic hydroxyl groups is 1. The van der Waals surface area contributed by atoms with Crippen LogP contribution in [0.3, 0.4) is 0 Å². The highest BCUT2D eigenvalue weighted by Crippen LogP contribution is 2.23. The predicted molar refractivity (Wildman–Crippen MR) is 75.9 cm³/mol. The number of anilines is 1. The number of amides is 1. The fraction of sp³-hybridized carbons (Fsp3) is 0.533. The van der Waals surface area contributed by atoms with Crippen LogP contribution < -0.4 is 10.6 Å². The Hall–Kier alpha value is -1.46. The third-order valence-corrected chi connectivity index (χ3v) is 3.78. The van der Waals surface area contributed by atoms with E-state index in [0.717, 1.165) is 25.7 Å². The Morgan fingerprint density at radius 2 is 2.15 bits per heavy atom. The molecule has 1 aliphatic carbocycles. The molecule has 110 valence electrons. The first-order valence-corrected chi connectivity index (χ1v) is 7.08. The highest BCUT2D eigenvalue weighted by molar-refractivity contribution is 5.92. The van der Waals surface area contributed by atoms with Crippen molar-refractivity contribution in [3.05, 3.63) is 30.1 Å². The molecule has 0 spiro atoms. The number of rotatable bonds is 5. The first kappa shape index (κ1) is 14.9. The van der Waals surface area contributed by atoms with Crippen molar-refractivity contribution < 1.29 is 14.3 Å². The molecular formula is C15H21FN2O2. The molecule has 1 saturated carbocycles. The number of aliphatic hydroxyl groups excluding tert-OH is 1. The number of hydrogen-bond donors (Lipinski definition) is 3. The largest absolute Gasteiger partial charge is 0.396 e. The van der Waals surface area contributed by atoms with Gasteiger partial charge in [-0.05, 0) is 37.0 Å². The monoisotopic (exact) mass is 280 g/mol. The zero-order valence-electron chi connectivity index (χ0n) is 11.4. The Bertz CT molecular complexity index is 453. The smallest absolute Gasteiger partial charge is 0.238 e. The summed E-state index contributed by atoms with van der Waals surface area (Å²) in [7, 11) is 0. The number of halogens is 1. The molecule has 2 atom stereocenters. The van der Waals surface area contributed by atoms with Gasteiger partial charge in [-0.25, -0.2) is 4.39 Å². The molecule has 0 aliphatic heterocycles. The van der Waals surface area contributed by atoms with Crippen molar-refractivity contribution >= 4 is 11.6 Å². The topological polar surface area (TPSA) is 61.4 Å². The lowest BCUT2D eigenvalue weighted by Crippen LogP contribution is -2.43. The van der Waals surface area contributed by atoms with Gasteiger partial charge in [0.05, 0.1) is 6.54 Å². The maximum absolute atomic E-state index is 13.0. The molecule has 1 aromatic carbocycles. The van der Waals surface area contributed by atoms with E-state index in [0.29, 0.717) is 5.69 Å². The van der Waals surface area contributed by atoms with Crippen LogP contribution in [-0.4, -0.2) is 30.2 Å². The van der Waals surface area contributed by atoms with Crippen LogP contribution in [0.1, 0.15) is 25.7 Å². The second kappa shape index (κ2) is 7.36. The fourth-order valence-electron chi connectivity index (χ4n) is 2.69. The summed E-state index contributed by atoms with van der Waals surface area (Å²) in [5.74, 6) is -0.341. The molecular weight excluding hydrogens is 259 g/mol. The van der Waals surface area contributed by atoms with E-state index in [2.05, 4.69) is 10.6 Å². The van der Waals surface area contributed by atoms with Crippen LogP contribution in [0.2, 0.25) is 0 Å². The highest BCUT2D eigenvalue weighted by atomic mass is 19.1. The molecule has 20 heavy (non-hydrogen) atoms. The highest BCUT2D eigenvalue weighted by Gasteiger charge is 2.24. The zero-order chi connectivity index (χ0) is 14.4. The summed E-state index contributed by atoms with van der Waals surface area (Å²) in [4.78, 5) is 11.8. The molecule has 1 aromatic rings. The zero-order valence-corrected chi connectivity index (χ0v) is 11.4. The molecule has 0 aromatic heterocycles. The second-order valence-electron chi connectivity index (χ2n) is 5.27. The molecule has 0 bridgehead atoms. The van der Waals surface area contributed by atoms with Crippen molar-refractivity contribution in [1.29, 1.82) is 0 Å². The number of benzene rings is 1. The maximum atomic E-state index is 13.0. The summed E-state index contributed by atoms with van der Waals surface area (Å²) in [6.45, 7) is 0.334. The van der Waals surface area contributed by atoms with Gasteiger partial charge in [-0.3, -0.25) is 4.79 Å². The molecule has 1 aliphatic rings. The molecule has 3 N–H and O–H groups in total. The molecule has 0 saturated heterocycles. The van der Waals surface area contributed by atoms with Gasteiger partial charge in [-0.15, -0.1) is 0 Å². The second-order valence-corrected chi connectivity index (χ2v) is 5.27. The van der Waals surface area contributed by atoms with E-state index in [4.69, 9.17) is 0 Å². The van der Waals surface area contributed by atoms with E-state index in [9.17, 15) is 14.3 Å². The molecule has 0 heterocycles. The Kier molecular flexibility index (Phi) is 5.49. The molecule has 4 nitrogen and oxygen atoms in total. The fourth-order valence-corrected chi connectivity index (χ4v) is 2.69. The van der Waals surface area contributed by atoms with Crippen LogP contribution in [0.15, 0.2) is 24.3 Å². The van der Waals surface area contributed by atoms with Gasteiger partial charge >= 0.3 is 0 Å². The van der Waals surface area contributed by atoms with Crippen LogP contribution in [0.4, 0.5) is 10.1 Å². The third-order valence-electron chi connectivity index (χ3n) is 3.78. The lowest BCUT2D eigenvalue weighted by Gasteiger charge is -2.30. The van der Waals surface area contributed by atoms with Crippen molar-refractivity contribution in [3.8, 4) is 0 Å². The van der Waals surface area contributed by atoms with E-state index in [-0.39, 0.29) is 36.8 Å². The molecule has 1 fully saturated rings. The van der Waals surface area contributed by atoms with Crippen LogP contribution >= 0.6 is 0 Å². The van der Waals surface area contributed by atoms with Crippen molar-refractivity contribution in [2.24, 2.45) is 5.92 Å². The molecule has 1 amide bonds. The van der Waals surface area contributed by atoms with Crippen molar-refractivity contribution in [1.82, 2.24) is 5.32 Å². The van der Waals surface area contributed by atoms with Crippen molar-refractivity contribution in [2.75, 3.05) is 18.5 Å². The third kappa shape index (κ3) is 4.28. The van der Waals surface area contributed by atoms with Crippen LogP contribution in [0.5, 0.6) is 0 Å². The summed E-state index contributed by atoms with van der Waals surface area (Å²) < 4.78 is 13.0. The Morgan fingerprint density at radius 1 is 1.35 bits per heavy atom. The Morgan fingerprint density at radius 3 is 2.90 bits per heavy atom. The lowest BCUT2D eigenvalue weighted by atomic mass is 9.85. The van der Waals surface area contributed by atoms with Crippen LogP contribution in [0.25, 0.3) is 0 Å². The van der Waals surface area contributed by atoms with E-state index >= 15 is 0 Å². The van der Waals surface area contributed by atoms with Gasteiger partial charge in [0.25, 0.3) is 0 Å². The minimum Gasteiger partial charge on any atom is -0.396 e. The van der Waals surface area contributed by atoms with Gasteiger partial charge < -0.3 is 15.7 Å². The van der Waals surface area contributed by atoms with Crippen LogP contribution in [-0.2, 0) is 4.79 Å². The van der Waals surface area contributed by atoms with Gasteiger partial charge in [0.1, 0.15) is 5.82 Å². The predicted octanol–water partition coefficient (Wildman–Crippen LogP) is 1.90. The number of hydrogen-bond acceptors (Lipinski definition) is 3. The Labute approximate surface area is 118 Å². The average Bonchev–Trinajstić information content (AvgIpc) is 2.45. The maximum Gasteiger partial charge on any atom is 0.238 e. The van der Waals surface area contributed by atoms with Gasteiger partial charge in [-0.1, -0.05) is 18.9 Å². The standard InChI is InChI=1S/C15H21FN2O2/c16-12-5-3-6-13(8-12)18-15(20)9-17-14-7-2-1-4-11(14)10-19/h3,5-6,8,11,14,17,19H,1-2,4,7,9-10H2,(H,18,20). The van der Waals surface area contributed by atoms with Crippen molar-refractivity contribution in [2.45, 2.75) is 31.7 Å². The molecule has 2 unspecified atom stereocenters. The summed E-state index contributed by atoms with van der Waals surface area (Å²) in [6, 6.07) is 6.02. The SMILES string of the molecule is O=C(CNC1CCCCC1CO)Nc1cccc(F)c1. The summed E-state index contributed by atoms with van der Waals surface area (Å²) >= 11 is 0. The lowest BCUT2D eigenvalue weighted by molar-refractivity contribution is -0.115. The number of carbonyl (C=O) groups excluding carboxylic acids is 1. The molecule has 0 radical (unpaired) electrons. The molecule has 2 rings (SSSR count). The number of nitrogens with one attached hydrogen (secondary N) is 2. The van der Waals surface area contributed by atoms with E-state index in [1.807, 2.05) is 0 Å². The minimum absolute atomic E-state index is 0.156. The first-order valence-electron chi connectivity index (χ1n) is 7.08. The van der Waals surface area contributed by atoms with E-state index in [1.54, 1.807) is 12.1 Å². The normalized spacial score (nSPS) is 22.5. The summed E-state index contributed by atoms with van der Waals surface area (Å²) in [5, 5.41) is 15.2. The minimum atomic E-state index is -0.372. The molecule has 5 heteroatoms. The van der Waals surface area contributed by atoms with Crippen LogP contribution in [0, 0.1) is 11.7 Å². The van der Waals surface area contributed by atoms with E-state index < -0.39 is 0 Å². The van der Waals surface area contributed by atoms with Gasteiger partial charge in [0.15, 0.2) is 0 Å². The van der Waals surface area contributed by atoms with Gasteiger partial charge in [0.2, 0.25) is 5.91 Å². The van der Waals surface area contributed by atoms with Crippen molar-refractivity contribution in [3.63, 3.8) is 0 Å². The van der Waals surface area contributed by atoms with Gasteiger partial charge in [-0.2, -0.15) is 0 Å². The summed E-state index contributed by atoms with van der Waals surface area (Å²) in [5.41, 5.74) is 0.458. The first-order chi connectivity index (χ1) is 9.69. The van der Waals surface area contributed by atoms with Gasteiger partial charge in [0, 0.05) is 18.3 Å². The average molecular weight is 280 g/mol. The number of carbonyl (C=O) groups is 1.